The minimum atomic E-state index is 0.112. The smallest absolute Gasteiger partial charge is 0.255 e. The van der Waals surface area contributed by atoms with Crippen molar-refractivity contribution in [2.75, 3.05) is 0 Å². The maximum atomic E-state index is 13.9. The highest BCUT2D eigenvalue weighted by molar-refractivity contribution is 7.13. The van der Waals surface area contributed by atoms with Gasteiger partial charge in [-0.05, 0) is 47.0 Å². The first kappa shape index (κ1) is 18.8. The third-order valence-corrected chi connectivity index (χ3v) is 6.77. The van der Waals surface area contributed by atoms with E-state index in [1.807, 2.05) is 42.5 Å². The van der Waals surface area contributed by atoms with E-state index in [0.29, 0.717) is 6.54 Å². The normalized spacial score (nSPS) is 13.2. The molecule has 1 heterocycles. The zero-order valence-corrected chi connectivity index (χ0v) is 17.5. The minimum Gasteiger partial charge on any atom is -0.331 e. The summed E-state index contributed by atoms with van der Waals surface area (Å²) in [6.07, 6.45) is 1.83. The number of carbonyl (C=O) groups excluding carboxylic acids is 1. The first-order valence-electron chi connectivity index (χ1n) is 10.3. The van der Waals surface area contributed by atoms with E-state index in [1.165, 1.54) is 11.1 Å². The fourth-order valence-electron chi connectivity index (χ4n) is 4.37. The van der Waals surface area contributed by atoms with Gasteiger partial charge in [0.2, 0.25) is 0 Å². The van der Waals surface area contributed by atoms with Crippen LogP contribution in [0.25, 0.3) is 10.4 Å². The molecule has 1 aromatic heterocycles. The molecule has 0 saturated heterocycles. The average molecular weight is 410 g/mol. The Morgan fingerprint density at radius 2 is 1.47 bits per heavy atom. The molecule has 0 atom stereocenters. The third-order valence-electron chi connectivity index (χ3n) is 5.87. The summed E-state index contributed by atoms with van der Waals surface area (Å²) >= 11 is 1.67. The Morgan fingerprint density at radius 3 is 2.17 bits per heavy atom. The zero-order valence-electron chi connectivity index (χ0n) is 16.7. The van der Waals surface area contributed by atoms with Gasteiger partial charge in [-0.2, -0.15) is 0 Å². The quantitative estimate of drug-likeness (QED) is 0.383. The van der Waals surface area contributed by atoms with Crippen molar-refractivity contribution in [3.8, 4) is 10.4 Å². The maximum absolute atomic E-state index is 13.9. The molecule has 1 aliphatic rings. The first-order valence-corrected chi connectivity index (χ1v) is 11.2. The number of fused-ring (bicyclic) bond motifs is 1. The lowest BCUT2D eigenvalue weighted by molar-refractivity contribution is 0.0668. The zero-order chi connectivity index (χ0) is 20.3. The van der Waals surface area contributed by atoms with Crippen LogP contribution in [0, 0.1) is 0 Å². The summed E-state index contributed by atoms with van der Waals surface area (Å²) in [6, 6.07) is 31.2. The fraction of sp³-hybridized carbons (Fsp3) is 0.148. The Labute approximate surface area is 181 Å². The second-order valence-corrected chi connectivity index (χ2v) is 8.72. The highest BCUT2D eigenvalue weighted by Crippen LogP contribution is 2.32. The molecule has 0 fully saturated rings. The largest absolute Gasteiger partial charge is 0.331 e. The molecule has 2 nitrogen and oxygen atoms in total. The van der Waals surface area contributed by atoms with Crippen LogP contribution in [-0.2, 0) is 19.4 Å². The molecule has 0 bridgehead atoms. The molecule has 0 spiro atoms. The van der Waals surface area contributed by atoms with Gasteiger partial charge in [-0.25, -0.2) is 0 Å². The number of thiophene rings is 1. The molecule has 30 heavy (non-hydrogen) atoms. The van der Waals surface area contributed by atoms with E-state index < -0.39 is 0 Å². The van der Waals surface area contributed by atoms with Crippen molar-refractivity contribution in [3.05, 3.63) is 119 Å². The van der Waals surface area contributed by atoms with E-state index in [4.69, 9.17) is 0 Å². The summed E-state index contributed by atoms with van der Waals surface area (Å²) in [5, 5.41) is 2.06. The molecule has 0 N–H and O–H groups in total. The van der Waals surface area contributed by atoms with Crippen molar-refractivity contribution in [1.82, 2.24) is 4.90 Å². The molecule has 0 unspecified atom stereocenters. The molecule has 1 aliphatic carbocycles. The highest BCUT2D eigenvalue weighted by Gasteiger charge is 2.31. The van der Waals surface area contributed by atoms with Crippen molar-refractivity contribution in [1.29, 1.82) is 0 Å². The molecule has 148 valence electrons. The Balaban J connectivity index is 1.52. The highest BCUT2D eigenvalue weighted by atomic mass is 32.1. The Kier molecular flexibility index (Phi) is 5.20. The van der Waals surface area contributed by atoms with Crippen LogP contribution in [0.5, 0.6) is 0 Å². The number of nitrogens with zero attached hydrogens (tertiary/aromatic N) is 1. The van der Waals surface area contributed by atoms with Gasteiger partial charge < -0.3 is 4.90 Å². The fourth-order valence-corrected chi connectivity index (χ4v) is 5.14. The minimum absolute atomic E-state index is 0.112. The number of benzene rings is 3. The van der Waals surface area contributed by atoms with Crippen LogP contribution in [0.15, 0.2) is 96.4 Å². The van der Waals surface area contributed by atoms with E-state index in [2.05, 4.69) is 58.8 Å². The van der Waals surface area contributed by atoms with E-state index in [-0.39, 0.29) is 11.9 Å². The third kappa shape index (κ3) is 3.69. The predicted octanol–water partition coefficient (Wildman–Crippen LogP) is 6.22. The van der Waals surface area contributed by atoms with Gasteiger partial charge in [-0.1, -0.05) is 78.9 Å². The average Bonchev–Trinajstić information content (AvgIpc) is 3.48. The van der Waals surface area contributed by atoms with Gasteiger partial charge >= 0.3 is 0 Å². The Morgan fingerprint density at radius 1 is 0.800 bits per heavy atom. The Bertz CT molecular complexity index is 1130. The van der Waals surface area contributed by atoms with Crippen molar-refractivity contribution < 1.29 is 4.79 Å². The van der Waals surface area contributed by atoms with Crippen LogP contribution in [-0.4, -0.2) is 16.8 Å². The molecule has 0 radical (unpaired) electrons. The van der Waals surface area contributed by atoms with Gasteiger partial charge in [0.05, 0.1) is 0 Å². The molecule has 4 aromatic rings. The number of hydrogen-bond acceptors (Lipinski definition) is 2. The lowest BCUT2D eigenvalue weighted by Crippen LogP contribution is -2.40. The van der Waals surface area contributed by atoms with Gasteiger partial charge in [0.25, 0.3) is 5.91 Å². The summed E-state index contributed by atoms with van der Waals surface area (Å²) in [7, 11) is 0. The number of carbonyl (C=O) groups is 1. The van der Waals surface area contributed by atoms with Gasteiger partial charge in [-0.15, -0.1) is 11.3 Å². The van der Waals surface area contributed by atoms with Crippen LogP contribution >= 0.6 is 11.3 Å². The van der Waals surface area contributed by atoms with Gasteiger partial charge in [0, 0.05) is 28.6 Å². The molecule has 0 saturated carbocycles. The summed E-state index contributed by atoms with van der Waals surface area (Å²) in [4.78, 5) is 17.2. The summed E-state index contributed by atoms with van der Waals surface area (Å²) < 4.78 is 0. The van der Waals surface area contributed by atoms with E-state index >= 15 is 0 Å². The van der Waals surface area contributed by atoms with Crippen LogP contribution in [0.3, 0.4) is 0 Å². The molecule has 0 aliphatic heterocycles. The van der Waals surface area contributed by atoms with Crippen molar-refractivity contribution in [2.24, 2.45) is 0 Å². The van der Waals surface area contributed by atoms with Gasteiger partial charge in [0.1, 0.15) is 0 Å². The second kappa shape index (κ2) is 8.29. The second-order valence-electron chi connectivity index (χ2n) is 7.77. The van der Waals surface area contributed by atoms with Crippen LogP contribution in [0.2, 0.25) is 0 Å². The van der Waals surface area contributed by atoms with Gasteiger partial charge in [-0.3, -0.25) is 4.79 Å². The van der Waals surface area contributed by atoms with Crippen LogP contribution in [0.4, 0.5) is 0 Å². The summed E-state index contributed by atoms with van der Waals surface area (Å²) in [6.45, 7) is 0.622. The topological polar surface area (TPSA) is 20.3 Å². The number of amides is 1. The standard InChI is InChI=1S/C27H23NOS/c29-27(25-14-7-6-13-24(25)26-15-8-16-30-26)28(19-20-9-2-1-3-10-20)23-17-21-11-4-5-12-22(21)18-23/h1-16,23H,17-19H2. The Hall–Kier alpha value is -3.17. The molecule has 5 rings (SSSR count). The van der Waals surface area contributed by atoms with Crippen molar-refractivity contribution >= 4 is 17.2 Å². The van der Waals surface area contributed by atoms with Crippen LogP contribution < -0.4 is 0 Å². The summed E-state index contributed by atoms with van der Waals surface area (Å²) in [5.74, 6) is 0.112. The molecule has 3 heteroatoms. The SMILES string of the molecule is O=C(c1ccccc1-c1cccs1)N(Cc1ccccc1)C1Cc2ccccc2C1. The maximum Gasteiger partial charge on any atom is 0.255 e. The number of rotatable bonds is 5. The van der Waals surface area contributed by atoms with E-state index in [9.17, 15) is 4.79 Å². The van der Waals surface area contributed by atoms with Crippen molar-refractivity contribution in [3.63, 3.8) is 0 Å². The molecule has 1 amide bonds. The van der Waals surface area contributed by atoms with Crippen molar-refractivity contribution in [2.45, 2.75) is 25.4 Å². The van der Waals surface area contributed by atoms with Gasteiger partial charge in [0.15, 0.2) is 0 Å². The molecular weight excluding hydrogens is 386 g/mol. The van der Waals surface area contributed by atoms with Crippen LogP contribution in [0.1, 0.15) is 27.0 Å². The molecule has 3 aromatic carbocycles. The lowest BCUT2D eigenvalue weighted by atomic mass is 10.0. The van der Waals surface area contributed by atoms with E-state index in [0.717, 1.165) is 34.4 Å². The first-order chi connectivity index (χ1) is 14.8. The monoisotopic (exact) mass is 409 g/mol. The molecular formula is C27H23NOS. The lowest BCUT2D eigenvalue weighted by Gasteiger charge is -2.30. The van der Waals surface area contributed by atoms with E-state index in [1.54, 1.807) is 11.3 Å². The number of hydrogen-bond donors (Lipinski definition) is 0. The summed E-state index contributed by atoms with van der Waals surface area (Å²) in [5.41, 5.74) is 5.69. The predicted molar refractivity (Wildman–Crippen MR) is 124 cm³/mol.